The Morgan fingerprint density at radius 2 is 1.96 bits per heavy atom. The van der Waals surface area contributed by atoms with Crippen LogP contribution in [0.1, 0.15) is 34.8 Å². The first-order valence-electron chi connectivity index (χ1n) is 7.98. The molecular weight excluding hydrogens is 288 g/mol. The Labute approximate surface area is 135 Å². The van der Waals surface area contributed by atoms with Gasteiger partial charge in [0.15, 0.2) is 0 Å². The fourth-order valence-electron chi connectivity index (χ4n) is 3.53. The second kappa shape index (κ2) is 5.23. The lowest BCUT2D eigenvalue weighted by Crippen LogP contribution is -2.35. The smallest absolute Gasteiger partial charge is 0.258 e. The molecule has 1 atom stereocenters. The summed E-state index contributed by atoms with van der Waals surface area (Å²) in [5.41, 5.74) is 4.78. The van der Waals surface area contributed by atoms with Gasteiger partial charge in [-0.25, -0.2) is 0 Å². The van der Waals surface area contributed by atoms with E-state index < -0.39 is 0 Å². The van der Waals surface area contributed by atoms with Gasteiger partial charge in [-0.1, -0.05) is 18.2 Å². The van der Waals surface area contributed by atoms with Crippen LogP contribution >= 0.6 is 0 Å². The molecule has 23 heavy (non-hydrogen) atoms. The monoisotopic (exact) mass is 306 g/mol. The van der Waals surface area contributed by atoms with Gasteiger partial charge in [0.05, 0.1) is 0 Å². The van der Waals surface area contributed by atoms with E-state index in [9.17, 15) is 9.59 Å². The number of hydrogen-bond acceptors (Lipinski definition) is 2. The number of hydrogen-bond donors (Lipinski definition) is 1. The number of nitrogens with one attached hydrogen (secondary N) is 1. The summed E-state index contributed by atoms with van der Waals surface area (Å²) in [4.78, 5) is 26.3. The maximum Gasteiger partial charge on any atom is 0.258 e. The number of anilines is 2. The highest BCUT2D eigenvalue weighted by Gasteiger charge is 2.31. The molecule has 2 aromatic carbocycles. The molecule has 0 spiro atoms. The zero-order valence-corrected chi connectivity index (χ0v) is 13.0. The summed E-state index contributed by atoms with van der Waals surface area (Å²) in [5.74, 6) is 0.0702. The van der Waals surface area contributed by atoms with Gasteiger partial charge >= 0.3 is 0 Å². The molecule has 2 heterocycles. The van der Waals surface area contributed by atoms with Crippen LogP contribution in [0.2, 0.25) is 0 Å². The fourth-order valence-corrected chi connectivity index (χ4v) is 3.53. The summed E-state index contributed by atoms with van der Waals surface area (Å²) < 4.78 is 0. The van der Waals surface area contributed by atoms with Gasteiger partial charge in [-0.2, -0.15) is 0 Å². The van der Waals surface area contributed by atoms with E-state index in [1.807, 2.05) is 35.2 Å². The van der Waals surface area contributed by atoms with Crippen LogP contribution in [0.15, 0.2) is 42.5 Å². The van der Waals surface area contributed by atoms with Crippen molar-refractivity contribution in [2.24, 2.45) is 0 Å². The topological polar surface area (TPSA) is 49.4 Å². The van der Waals surface area contributed by atoms with E-state index in [0.29, 0.717) is 18.4 Å². The van der Waals surface area contributed by atoms with Crippen molar-refractivity contribution in [3.8, 4) is 0 Å². The zero-order valence-electron chi connectivity index (χ0n) is 13.0. The minimum Gasteiger partial charge on any atom is -0.326 e. The van der Waals surface area contributed by atoms with Crippen molar-refractivity contribution in [2.45, 2.75) is 32.2 Å². The molecule has 0 saturated carbocycles. The Morgan fingerprint density at radius 1 is 1.13 bits per heavy atom. The summed E-state index contributed by atoms with van der Waals surface area (Å²) >= 11 is 0. The summed E-state index contributed by atoms with van der Waals surface area (Å²) in [5, 5.41) is 2.86. The third kappa shape index (κ3) is 2.31. The van der Waals surface area contributed by atoms with Gasteiger partial charge in [0.25, 0.3) is 5.91 Å². The maximum atomic E-state index is 13.0. The van der Waals surface area contributed by atoms with Gasteiger partial charge in [-0.15, -0.1) is 0 Å². The average Bonchev–Trinajstić information content (AvgIpc) is 2.89. The van der Waals surface area contributed by atoms with Crippen molar-refractivity contribution >= 4 is 23.2 Å². The molecule has 4 nitrogen and oxygen atoms in total. The largest absolute Gasteiger partial charge is 0.326 e. The molecule has 0 fully saturated rings. The predicted octanol–water partition coefficient (Wildman–Crippen LogP) is 3.16. The van der Waals surface area contributed by atoms with E-state index >= 15 is 0 Å². The summed E-state index contributed by atoms with van der Waals surface area (Å²) in [6.07, 6.45) is 2.06. The first-order valence-corrected chi connectivity index (χ1v) is 7.98. The van der Waals surface area contributed by atoms with Crippen LogP contribution in [0.25, 0.3) is 0 Å². The molecule has 2 aromatic rings. The molecule has 2 aliphatic heterocycles. The highest BCUT2D eigenvalue weighted by Crippen LogP contribution is 2.33. The van der Waals surface area contributed by atoms with Crippen LogP contribution < -0.4 is 10.2 Å². The average molecular weight is 306 g/mol. The number of fused-ring (bicyclic) bond motifs is 2. The number of amides is 2. The third-order valence-corrected chi connectivity index (χ3v) is 4.67. The lowest BCUT2D eigenvalue weighted by atomic mass is 10.00. The molecule has 0 aromatic heterocycles. The summed E-state index contributed by atoms with van der Waals surface area (Å²) in [6, 6.07) is 13.8. The van der Waals surface area contributed by atoms with Gasteiger partial charge in [-0.05, 0) is 55.2 Å². The lowest BCUT2D eigenvalue weighted by molar-refractivity contribution is -0.116. The molecule has 4 heteroatoms. The first-order chi connectivity index (χ1) is 11.1. The Hall–Kier alpha value is -2.62. The molecule has 0 aliphatic carbocycles. The van der Waals surface area contributed by atoms with Crippen molar-refractivity contribution in [1.29, 1.82) is 0 Å². The molecule has 0 radical (unpaired) electrons. The SMILES string of the molecule is C[C@H]1Cc2ccccc2N1C(=O)c1ccc2c(c1)CCC(=O)N2. The van der Waals surface area contributed by atoms with Crippen molar-refractivity contribution in [2.75, 3.05) is 10.2 Å². The highest BCUT2D eigenvalue weighted by molar-refractivity contribution is 6.08. The van der Waals surface area contributed by atoms with E-state index in [1.165, 1.54) is 5.56 Å². The molecule has 1 N–H and O–H groups in total. The van der Waals surface area contributed by atoms with Gasteiger partial charge in [-0.3, -0.25) is 9.59 Å². The second-order valence-electron chi connectivity index (χ2n) is 6.28. The van der Waals surface area contributed by atoms with Crippen LogP contribution in [0.5, 0.6) is 0 Å². The molecule has 4 rings (SSSR count). The number of carbonyl (C=O) groups is 2. The van der Waals surface area contributed by atoms with E-state index in [0.717, 1.165) is 23.4 Å². The van der Waals surface area contributed by atoms with Crippen LogP contribution in [-0.4, -0.2) is 17.9 Å². The standard InChI is InChI=1S/C19H18N2O2/c1-12-10-14-4-2-3-5-17(14)21(12)19(23)15-6-8-16-13(11-15)7-9-18(22)20-16/h2-6,8,11-12H,7,9-10H2,1H3,(H,20,22)/t12-/m0/s1. The number of para-hydroxylation sites is 1. The normalized spacial score (nSPS) is 19.1. The Balaban J connectivity index is 1.69. The van der Waals surface area contributed by atoms with Crippen molar-refractivity contribution in [3.63, 3.8) is 0 Å². The number of benzene rings is 2. The van der Waals surface area contributed by atoms with Crippen molar-refractivity contribution in [1.82, 2.24) is 0 Å². The second-order valence-corrected chi connectivity index (χ2v) is 6.28. The fraction of sp³-hybridized carbons (Fsp3) is 0.263. The molecule has 0 unspecified atom stereocenters. The quantitative estimate of drug-likeness (QED) is 0.880. The van der Waals surface area contributed by atoms with E-state index in [4.69, 9.17) is 0 Å². The Morgan fingerprint density at radius 3 is 2.83 bits per heavy atom. The third-order valence-electron chi connectivity index (χ3n) is 4.67. The molecule has 2 aliphatic rings. The molecule has 0 saturated heterocycles. The zero-order chi connectivity index (χ0) is 16.0. The van der Waals surface area contributed by atoms with E-state index in [-0.39, 0.29) is 17.9 Å². The van der Waals surface area contributed by atoms with Gasteiger partial charge < -0.3 is 10.2 Å². The van der Waals surface area contributed by atoms with E-state index in [1.54, 1.807) is 6.07 Å². The lowest BCUT2D eigenvalue weighted by Gasteiger charge is -2.24. The van der Waals surface area contributed by atoms with Gasteiger partial charge in [0, 0.05) is 29.4 Å². The number of rotatable bonds is 1. The first kappa shape index (κ1) is 14.0. The maximum absolute atomic E-state index is 13.0. The number of aryl methyl sites for hydroxylation is 1. The number of carbonyl (C=O) groups excluding carboxylic acids is 2. The Kier molecular flexibility index (Phi) is 3.18. The van der Waals surface area contributed by atoms with Crippen LogP contribution in [0.4, 0.5) is 11.4 Å². The molecule has 2 amide bonds. The number of nitrogens with zero attached hydrogens (tertiary/aromatic N) is 1. The van der Waals surface area contributed by atoms with Crippen LogP contribution in [0, 0.1) is 0 Å². The van der Waals surface area contributed by atoms with Crippen LogP contribution in [0.3, 0.4) is 0 Å². The van der Waals surface area contributed by atoms with Crippen LogP contribution in [-0.2, 0) is 17.6 Å². The molecule has 0 bridgehead atoms. The molecular formula is C19H18N2O2. The van der Waals surface area contributed by atoms with Gasteiger partial charge in [0.2, 0.25) is 5.91 Å². The predicted molar refractivity (Wildman–Crippen MR) is 89.8 cm³/mol. The highest BCUT2D eigenvalue weighted by atomic mass is 16.2. The summed E-state index contributed by atoms with van der Waals surface area (Å²) in [7, 11) is 0. The van der Waals surface area contributed by atoms with Gasteiger partial charge in [0.1, 0.15) is 0 Å². The molecule has 116 valence electrons. The Bertz CT molecular complexity index is 813. The van der Waals surface area contributed by atoms with Crippen molar-refractivity contribution in [3.05, 3.63) is 59.2 Å². The minimum absolute atomic E-state index is 0.0298. The summed E-state index contributed by atoms with van der Waals surface area (Å²) in [6.45, 7) is 2.08. The minimum atomic E-state index is 0.0298. The van der Waals surface area contributed by atoms with Crippen molar-refractivity contribution < 1.29 is 9.59 Å². The van der Waals surface area contributed by atoms with E-state index in [2.05, 4.69) is 18.3 Å².